The Morgan fingerprint density at radius 3 is 3.00 bits per heavy atom. The molecule has 2 aromatic rings. The maximum Gasteiger partial charge on any atom is 0.359 e. The highest BCUT2D eigenvalue weighted by Gasteiger charge is 2.19. The topological polar surface area (TPSA) is 95.6 Å². The fraction of sp³-hybridized carbons (Fsp3) is 0.333. The number of pyridine rings is 1. The van der Waals surface area contributed by atoms with Crippen LogP contribution in [0.1, 0.15) is 22.7 Å². The number of imidazole rings is 1. The smallest absolute Gasteiger partial charge is 0.359 e. The molecule has 0 unspecified atom stereocenters. The van der Waals surface area contributed by atoms with Gasteiger partial charge in [0.2, 0.25) is 0 Å². The largest absolute Gasteiger partial charge is 0.464 e. The number of esters is 1. The van der Waals surface area contributed by atoms with E-state index in [-0.39, 0.29) is 5.69 Å². The van der Waals surface area contributed by atoms with Crippen molar-refractivity contribution in [2.75, 3.05) is 19.4 Å². The third-order valence-electron chi connectivity index (χ3n) is 2.75. The summed E-state index contributed by atoms with van der Waals surface area (Å²) in [5, 5.41) is 0. The van der Waals surface area contributed by atoms with Gasteiger partial charge in [-0.25, -0.2) is 9.78 Å². The van der Waals surface area contributed by atoms with Gasteiger partial charge in [-0.3, -0.25) is 0 Å². The third kappa shape index (κ3) is 2.02. The molecule has 2 aromatic heterocycles. The second-order valence-corrected chi connectivity index (χ2v) is 3.94. The van der Waals surface area contributed by atoms with Crippen LogP contribution in [0, 0.1) is 0 Å². The average molecular weight is 248 g/mol. The van der Waals surface area contributed by atoms with Crippen molar-refractivity contribution in [1.29, 1.82) is 0 Å². The van der Waals surface area contributed by atoms with Gasteiger partial charge in [-0.15, -0.1) is 0 Å². The summed E-state index contributed by atoms with van der Waals surface area (Å²) in [6.07, 6.45) is 3.32. The van der Waals surface area contributed by atoms with Crippen LogP contribution in [0.5, 0.6) is 0 Å². The number of aromatic nitrogens is 2. The van der Waals surface area contributed by atoms with Crippen LogP contribution >= 0.6 is 0 Å². The molecule has 0 saturated carbocycles. The molecule has 0 radical (unpaired) electrons. The summed E-state index contributed by atoms with van der Waals surface area (Å²) in [5.74, 6) is 0.285. The minimum Gasteiger partial charge on any atom is -0.464 e. The molecule has 2 rings (SSSR count). The van der Waals surface area contributed by atoms with Crippen molar-refractivity contribution in [3.63, 3.8) is 0 Å². The maximum atomic E-state index is 11.7. The van der Waals surface area contributed by atoms with E-state index in [9.17, 15) is 4.79 Å². The van der Waals surface area contributed by atoms with Crippen molar-refractivity contribution in [3.05, 3.63) is 29.8 Å². The molecule has 0 atom stereocenters. The van der Waals surface area contributed by atoms with Crippen molar-refractivity contribution >= 4 is 17.2 Å². The maximum absolute atomic E-state index is 11.7. The summed E-state index contributed by atoms with van der Waals surface area (Å²) >= 11 is 0. The molecule has 0 bridgehead atoms. The first kappa shape index (κ1) is 12.4. The number of anilines is 1. The Hall–Kier alpha value is -2.08. The van der Waals surface area contributed by atoms with Crippen LogP contribution in [0.3, 0.4) is 0 Å². The number of carbonyl (C=O) groups excluding carboxylic acids is 1. The van der Waals surface area contributed by atoms with Crippen LogP contribution in [-0.4, -0.2) is 29.0 Å². The van der Waals surface area contributed by atoms with Gasteiger partial charge in [0.15, 0.2) is 5.69 Å². The van der Waals surface area contributed by atoms with Gasteiger partial charge < -0.3 is 20.6 Å². The minimum absolute atomic E-state index is 0.252. The Balaban J connectivity index is 2.60. The lowest BCUT2D eigenvalue weighted by molar-refractivity contribution is 0.0597. The molecule has 0 spiro atoms. The third-order valence-corrected chi connectivity index (χ3v) is 2.75. The quantitative estimate of drug-likeness (QED) is 0.772. The number of carbonyl (C=O) groups is 1. The average Bonchev–Trinajstić information content (AvgIpc) is 2.76. The predicted molar refractivity (Wildman–Crippen MR) is 68.3 cm³/mol. The zero-order valence-corrected chi connectivity index (χ0v) is 10.2. The summed E-state index contributed by atoms with van der Waals surface area (Å²) in [6, 6.07) is 3.55. The summed E-state index contributed by atoms with van der Waals surface area (Å²) in [7, 11) is 1.33. The summed E-state index contributed by atoms with van der Waals surface area (Å²) in [4.78, 5) is 16.0. The number of hydrogen-bond donors (Lipinski definition) is 2. The summed E-state index contributed by atoms with van der Waals surface area (Å²) in [6.45, 7) is 0.574. The first-order chi connectivity index (χ1) is 8.69. The molecular formula is C12H16N4O2. The molecule has 0 aromatic carbocycles. The van der Waals surface area contributed by atoms with Crippen molar-refractivity contribution < 1.29 is 9.53 Å². The van der Waals surface area contributed by atoms with E-state index in [2.05, 4.69) is 4.98 Å². The monoisotopic (exact) mass is 248 g/mol. The molecule has 4 N–H and O–H groups in total. The molecule has 0 saturated heterocycles. The highest BCUT2D eigenvalue weighted by molar-refractivity contribution is 5.98. The van der Waals surface area contributed by atoms with E-state index in [1.54, 1.807) is 6.07 Å². The van der Waals surface area contributed by atoms with E-state index in [1.807, 2.05) is 16.7 Å². The number of hydrogen-bond acceptors (Lipinski definition) is 5. The van der Waals surface area contributed by atoms with Crippen LogP contribution in [0.4, 0.5) is 5.69 Å². The highest BCUT2D eigenvalue weighted by Crippen LogP contribution is 2.21. The summed E-state index contributed by atoms with van der Waals surface area (Å²) in [5.41, 5.74) is 12.7. The normalized spacial score (nSPS) is 10.8. The molecule has 96 valence electrons. The van der Waals surface area contributed by atoms with Crippen LogP contribution in [-0.2, 0) is 11.2 Å². The van der Waals surface area contributed by atoms with Crippen LogP contribution in [0.2, 0.25) is 0 Å². The molecule has 0 amide bonds. The fourth-order valence-corrected chi connectivity index (χ4v) is 1.90. The number of aryl methyl sites for hydroxylation is 1. The highest BCUT2D eigenvalue weighted by atomic mass is 16.5. The second-order valence-electron chi connectivity index (χ2n) is 3.94. The lowest BCUT2D eigenvalue weighted by Gasteiger charge is -2.02. The van der Waals surface area contributed by atoms with E-state index in [1.165, 1.54) is 7.11 Å². The van der Waals surface area contributed by atoms with Crippen LogP contribution in [0.25, 0.3) is 5.52 Å². The molecular weight excluding hydrogens is 232 g/mol. The van der Waals surface area contributed by atoms with Crippen molar-refractivity contribution in [2.24, 2.45) is 5.73 Å². The number of methoxy groups -OCH3 is 1. The Bertz CT molecular complexity index is 577. The van der Waals surface area contributed by atoms with Gasteiger partial charge >= 0.3 is 5.97 Å². The van der Waals surface area contributed by atoms with Crippen LogP contribution < -0.4 is 11.5 Å². The SMILES string of the molecule is COC(=O)c1nc(CCCN)n2cccc(N)c12. The molecule has 0 aliphatic carbocycles. The lowest BCUT2D eigenvalue weighted by Crippen LogP contribution is -2.04. The Morgan fingerprint density at radius 2 is 2.33 bits per heavy atom. The zero-order valence-electron chi connectivity index (χ0n) is 10.2. The van der Waals surface area contributed by atoms with E-state index in [0.29, 0.717) is 24.2 Å². The van der Waals surface area contributed by atoms with Crippen molar-refractivity contribution in [1.82, 2.24) is 9.38 Å². The molecule has 2 heterocycles. The van der Waals surface area contributed by atoms with Gasteiger partial charge in [-0.2, -0.15) is 0 Å². The van der Waals surface area contributed by atoms with Gasteiger partial charge in [0.1, 0.15) is 11.3 Å². The number of nitrogens with two attached hydrogens (primary N) is 2. The molecule has 6 heteroatoms. The predicted octanol–water partition coefficient (Wildman–Crippen LogP) is 0.594. The van der Waals surface area contributed by atoms with Gasteiger partial charge in [0.25, 0.3) is 0 Å². The first-order valence-electron chi connectivity index (χ1n) is 5.72. The van der Waals surface area contributed by atoms with Crippen LogP contribution in [0.15, 0.2) is 18.3 Å². The van der Waals surface area contributed by atoms with Gasteiger partial charge in [-0.1, -0.05) is 0 Å². The van der Waals surface area contributed by atoms with Crippen molar-refractivity contribution in [2.45, 2.75) is 12.8 Å². The molecule has 6 nitrogen and oxygen atoms in total. The Kier molecular flexibility index (Phi) is 3.47. The van der Waals surface area contributed by atoms with E-state index < -0.39 is 5.97 Å². The minimum atomic E-state index is -0.482. The second kappa shape index (κ2) is 5.05. The number of ether oxygens (including phenoxy) is 1. The Labute approximate surface area is 105 Å². The fourth-order valence-electron chi connectivity index (χ4n) is 1.90. The van der Waals surface area contributed by atoms with Gasteiger partial charge in [0, 0.05) is 12.6 Å². The summed E-state index contributed by atoms with van der Waals surface area (Å²) < 4.78 is 6.54. The van der Waals surface area contributed by atoms with Crippen molar-refractivity contribution in [3.8, 4) is 0 Å². The number of nitrogen functional groups attached to an aromatic ring is 1. The standard InChI is InChI=1S/C12H16N4O2/c1-18-12(17)10-11-8(14)4-3-7-16(11)9(15-10)5-2-6-13/h3-4,7H,2,5-6,13-14H2,1H3. The van der Waals surface area contributed by atoms with Gasteiger partial charge in [0.05, 0.1) is 12.8 Å². The van der Waals surface area contributed by atoms with E-state index >= 15 is 0 Å². The Morgan fingerprint density at radius 1 is 1.56 bits per heavy atom. The molecule has 18 heavy (non-hydrogen) atoms. The lowest BCUT2D eigenvalue weighted by atomic mass is 10.3. The van der Waals surface area contributed by atoms with E-state index in [4.69, 9.17) is 16.2 Å². The molecule has 0 aliphatic rings. The number of fused-ring (bicyclic) bond motifs is 1. The number of rotatable bonds is 4. The molecule has 0 fully saturated rings. The zero-order chi connectivity index (χ0) is 13.1. The first-order valence-corrected chi connectivity index (χ1v) is 5.72. The van der Waals surface area contributed by atoms with Gasteiger partial charge in [-0.05, 0) is 25.1 Å². The molecule has 0 aliphatic heterocycles. The van der Waals surface area contributed by atoms with E-state index in [0.717, 1.165) is 12.2 Å². The number of nitrogens with zero attached hydrogens (tertiary/aromatic N) is 2.